The van der Waals surface area contributed by atoms with Gasteiger partial charge in [-0.1, -0.05) is 0 Å². The van der Waals surface area contributed by atoms with Gasteiger partial charge < -0.3 is 14.8 Å². The highest BCUT2D eigenvalue weighted by molar-refractivity contribution is 5.92. The summed E-state index contributed by atoms with van der Waals surface area (Å²) < 4.78 is 11.7. The number of benzene rings is 1. The van der Waals surface area contributed by atoms with Crippen LogP contribution in [0.1, 0.15) is 19.3 Å². The highest BCUT2D eigenvalue weighted by atomic mass is 16.5. The van der Waals surface area contributed by atoms with Gasteiger partial charge in [0.25, 0.3) is 0 Å². The third-order valence-corrected chi connectivity index (χ3v) is 4.99. The van der Waals surface area contributed by atoms with E-state index in [1.807, 2.05) is 30.3 Å². The molecular weight excluding hydrogens is 354 g/mol. The van der Waals surface area contributed by atoms with Gasteiger partial charge in [0.05, 0.1) is 11.6 Å². The van der Waals surface area contributed by atoms with Gasteiger partial charge in [0.1, 0.15) is 12.1 Å². The van der Waals surface area contributed by atoms with Crippen molar-refractivity contribution in [3.63, 3.8) is 0 Å². The predicted molar refractivity (Wildman–Crippen MR) is 108 cm³/mol. The number of nitrogens with one attached hydrogen (secondary N) is 2. The molecule has 1 unspecified atom stereocenters. The molecule has 1 aliphatic heterocycles. The Morgan fingerprint density at radius 1 is 1.14 bits per heavy atom. The first kappa shape index (κ1) is 16.9. The normalized spacial score (nSPS) is 17.1. The third kappa shape index (κ3) is 3.36. The molecule has 7 nitrogen and oxygen atoms in total. The zero-order valence-electron chi connectivity index (χ0n) is 15.4. The molecule has 1 aliphatic rings. The zero-order chi connectivity index (χ0) is 18.8. The van der Waals surface area contributed by atoms with Crippen LogP contribution in [0.5, 0.6) is 5.88 Å². The lowest BCUT2D eigenvalue weighted by Gasteiger charge is -2.22. The van der Waals surface area contributed by atoms with E-state index in [0.29, 0.717) is 18.3 Å². The van der Waals surface area contributed by atoms with Crippen molar-refractivity contribution >= 4 is 33.3 Å². The van der Waals surface area contributed by atoms with E-state index in [1.54, 1.807) is 12.4 Å². The van der Waals surface area contributed by atoms with Crippen molar-refractivity contribution in [1.29, 1.82) is 0 Å². The van der Waals surface area contributed by atoms with Crippen LogP contribution in [0.25, 0.3) is 21.8 Å². The molecule has 0 spiro atoms. The van der Waals surface area contributed by atoms with Gasteiger partial charge in [0.2, 0.25) is 5.88 Å². The maximum absolute atomic E-state index is 5.98. The van der Waals surface area contributed by atoms with Crippen molar-refractivity contribution in [3.8, 4) is 5.88 Å². The minimum atomic E-state index is 0.159. The minimum absolute atomic E-state index is 0.159. The Balaban J connectivity index is 1.37. The number of rotatable bonds is 5. The number of anilines is 2. The van der Waals surface area contributed by atoms with E-state index in [4.69, 9.17) is 9.47 Å². The highest BCUT2D eigenvalue weighted by Crippen LogP contribution is 2.29. The van der Waals surface area contributed by atoms with Gasteiger partial charge in [0, 0.05) is 30.1 Å². The molecule has 3 aromatic heterocycles. The summed E-state index contributed by atoms with van der Waals surface area (Å²) in [6, 6.07) is 11.9. The average molecular weight is 375 g/mol. The second-order valence-corrected chi connectivity index (χ2v) is 6.95. The van der Waals surface area contributed by atoms with Crippen molar-refractivity contribution in [2.45, 2.75) is 25.4 Å². The summed E-state index contributed by atoms with van der Waals surface area (Å²) in [5, 5.41) is 12.7. The van der Waals surface area contributed by atoms with Crippen LogP contribution < -0.4 is 10.1 Å². The average Bonchev–Trinajstić information content (AvgIpc) is 3.16. The first-order valence-electron chi connectivity index (χ1n) is 9.56. The molecule has 1 atom stereocenters. The number of pyridine rings is 2. The Morgan fingerprint density at radius 3 is 3.07 bits per heavy atom. The van der Waals surface area contributed by atoms with Crippen LogP contribution in [0.15, 0.2) is 48.8 Å². The van der Waals surface area contributed by atoms with Crippen molar-refractivity contribution in [1.82, 2.24) is 20.2 Å². The number of nitrogens with zero attached hydrogens (tertiary/aromatic N) is 3. The zero-order valence-corrected chi connectivity index (χ0v) is 15.4. The Bertz CT molecular complexity index is 1100. The van der Waals surface area contributed by atoms with Crippen LogP contribution >= 0.6 is 0 Å². The largest absolute Gasteiger partial charge is 0.474 e. The van der Waals surface area contributed by atoms with Gasteiger partial charge in [-0.2, -0.15) is 5.10 Å². The molecule has 0 radical (unpaired) electrons. The van der Waals surface area contributed by atoms with Crippen LogP contribution in [0, 0.1) is 0 Å². The van der Waals surface area contributed by atoms with Crippen LogP contribution in [-0.4, -0.2) is 39.5 Å². The molecule has 0 saturated carbocycles. The van der Waals surface area contributed by atoms with Crippen molar-refractivity contribution in [2.75, 3.05) is 18.5 Å². The van der Waals surface area contributed by atoms with Gasteiger partial charge in [-0.05, 0) is 61.0 Å². The second kappa shape index (κ2) is 7.44. The van der Waals surface area contributed by atoms with Crippen LogP contribution in [0.3, 0.4) is 0 Å². The summed E-state index contributed by atoms with van der Waals surface area (Å²) >= 11 is 0. The smallest absolute Gasteiger partial charge is 0.221 e. The van der Waals surface area contributed by atoms with Crippen molar-refractivity contribution in [3.05, 3.63) is 48.8 Å². The van der Waals surface area contributed by atoms with Gasteiger partial charge in [-0.3, -0.25) is 10.1 Å². The quantitative estimate of drug-likeness (QED) is 0.544. The summed E-state index contributed by atoms with van der Waals surface area (Å²) in [5.41, 5.74) is 2.64. The molecule has 4 heterocycles. The Hall–Kier alpha value is -3.19. The fraction of sp³-hybridized carbons (Fsp3) is 0.286. The lowest BCUT2D eigenvalue weighted by molar-refractivity contribution is -0.0116. The van der Waals surface area contributed by atoms with Crippen molar-refractivity contribution in [2.24, 2.45) is 0 Å². The van der Waals surface area contributed by atoms with E-state index in [9.17, 15) is 0 Å². The van der Waals surface area contributed by atoms with Gasteiger partial charge in [0.15, 0.2) is 5.82 Å². The van der Waals surface area contributed by atoms with E-state index in [0.717, 1.165) is 46.9 Å². The first-order valence-corrected chi connectivity index (χ1v) is 9.56. The maximum Gasteiger partial charge on any atom is 0.221 e. The molecule has 142 valence electrons. The van der Waals surface area contributed by atoms with E-state index >= 15 is 0 Å². The molecule has 0 amide bonds. The van der Waals surface area contributed by atoms with Crippen molar-refractivity contribution < 1.29 is 9.47 Å². The number of fused-ring (bicyclic) bond motifs is 2. The summed E-state index contributed by atoms with van der Waals surface area (Å²) in [6.45, 7) is 1.36. The molecule has 4 aromatic rings. The molecule has 28 heavy (non-hydrogen) atoms. The Labute approximate surface area is 162 Å². The number of ether oxygens (including phenoxy) is 2. The summed E-state index contributed by atoms with van der Waals surface area (Å²) in [4.78, 5) is 8.80. The van der Waals surface area contributed by atoms with E-state index in [1.165, 1.54) is 6.42 Å². The van der Waals surface area contributed by atoms with Crippen LogP contribution in [0.4, 0.5) is 11.5 Å². The number of aromatic nitrogens is 4. The van der Waals surface area contributed by atoms with E-state index < -0.39 is 0 Å². The Kier molecular flexibility index (Phi) is 4.50. The predicted octanol–water partition coefficient (Wildman–Crippen LogP) is 4.20. The van der Waals surface area contributed by atoms with Gasteiger partial charge >= 0.3 is 0 Å². The van der Waals surface area contributed by atoms with Crippen LogP contribution in [-0.2, 0) is 4.74 Å². The molecule has 7 heteroatoms. The molecule has 2 N–H and O–H groups in total. The van der Waals surface area contributed by atoms with E-state index in [-0.39, 0.29) is 6.10 Å². The molecule has 1 fully saturated rings. The molecule has 0 bridgehead atoms. The SMILES string of the molecule is c1cnc2c(Nc3ccc4c(OCC5CCCCO5)nccc4c3)n[nH]c2c1. The number of hydrogen-bond acceptors (Lipinski definition) is 6. The van der Waals surface area contributed by atoms with Gasteiger partial charge in [-0.25, -0.2) is 4.98 Å². The fourth-order valence-corrected chi connectivity index (χ4v) is 3.53. The number of H-pyrrole nitrogens is 1. The molecule has 1 aromatic carbocycles. The fourth-order valence-electron chi connectivity index (χ4n) is 3.53. The number of hydrogen-bond donors (Lipinski definition) is 2. The topological polar surface area (TPSA) is 85.0 Å². The van der Waals surface area contributed by atoms with Gasteiger partial charge in [-0.15, -0.1) is 0 Å². The molecule has 5 rings (SSSR count). The lowest BCUT2D eigenvalue weighted by Crippen LogP contribution is -2.26. The molecular formula is C21H21N5O2. The number of aromatic amines is 1. The minimum Gasteiger partial charge on any atom is -0.474 e. The third-order valence-electron chi connectivity index (χ3n) is 4.99. The van der Waals surface area contributed by atoms with E-state index in [2.05, 4.69) is 31.5 Å². The molecule has 0 aliphatic carbocycles. The summed E-state index contributed by atoms with van der Waals surface area (Å²) in [7, 11) is 0. The van der Waals surface area contributed by atoms with Crippen LogP contribution in [0.2, 0.25) is 0 Å². The molecule has 1 saturated heterocycles. The lowest BCUT2D eigenvalue weighted by atomic mass is 10.1. The summed E-state index contributed by atoms with van der Waals surface area (Å²) in [5.74, 6) is 1.35. The Morgan fingerprint density at radius 2 is 2.14 bits per heavy atom. The summed E-state index contributed by atoms with van der Waals surface area (Å²) in [6.07, 6.45) is 7.07. The standard InChI is InChI=1S/C21H21N5O2/c1-2-11-27-16(4-1)13-28-21-17-7-6-15(12-14(17)8-10-23-21)24-20-19-18(25-26-20)5-3-9-22-19/h3,5-10,12,16H,1-2,4,11,13H2,(H2,24,25,26). The monoisotopic (exact) mass is 375 g/mol. The second-order valence-electron chi connectivity index (χ2n) is 6.95. The first-order chi connectivity index (χ1) is 13.9. The highest BCUT2D eigenvalue weighted by Gasteiger charge is 2.15. The maximum atomic E-state index is 5.98.